The topological polar surface area (TPSA) is 72.0 Å². The highest BCUT2D eigenvalue weighted by Crippen LogP contribution is 2.30. The Balaban J connectivity index is 1.51. The van der Waals surface area contributed by atoms with Gasteiger partial charge in [0.15, 0.2) is 0 Å². The van der Waals surface area contributed by atoms with Crippen molar-refractivity contribution in [3.05, 3.63) is 58.6 Å². The molecule has 0 saturated carbocycles. The van der Waals surface area contributed by atoms with Gasteiger partial charge in [-0.1, -0.05) is 49.7 Å². The number of benzene rings is 1. The second-order valence-electron chi connectivity index (χ2n) is 8.80. The van der Waals surface area contributed by atoms with Crippen LogP contribution in [-0.2, 0) is 12.0 Å². The van der Waals surface area contributed by atoms with Crippen LogP contribution in [0.2, 0.25) is 5.02 Å². The number of halogens is 1. The fourth-order valence-corrected chi connectivity index (χ4v) is 3.88. The molecule has 0 amide bonds. The minimum Gasteiger partial charge on any atom is -0.387 e. The minimum absolute atomic E-state index is 0.0653. The molecule has 1 fully saturated rings. The van der Waals surface area contributed by atoms with Crippen LogP contribution in [0.4, 0.5) is 0 Å². The Bertz CT molecular complexity index is 997. The first-order valence-electron chi connectivity index (χ1n) is 9.88. The predicted octanol–water partition coefficient (Wildman–Crippen LogP) is 3.52. The smallest absolute Gasteiger partial charge is 0.111 e. The zero-order valence-electron chi connectivity index (χ0n) is 17.2. The maximum Gasteiger partial charge on any atom is 0.111 e. The van der Waals surface area contributed by atoms with Gasteiger partial charge in [0.2, 0.25) is 0 Å². The molecule has 1 aromatic carbocycles. The third-order valence-electron chi connectivity index (χ3n) is 5.26. The summed E-state index contributed by atoms with van der Waals surface area (Å²) >= 11 is 6.39. The number of aromatic nitrogens is 5. The lowest BCUT2D eigenvalue weighted by atomic mass is 9.89. The molecule has 1 aliphatic rings. The Hall–Kier alpha value is -2.22. The van der Waals surface area contributed by atoms with Gasteiger partial charge in [-0.2, -0.15) is 5.10 Å². The van der Waals surface area contributed by atoms with Crippen LogP contribution >= 0.6 is 11.6 Å². The number of rotatable bonds is 5. The standard InChI is InChI=1S/C21H27ClN6O/c1-14(29)18-13-27(25-23-18)16-11-26(12-16)9-15-10-28(24-20(15)21(2,3)4)19-8-6-5-7-17(19)22/h5-8,10,13-14,16,29H,9,11-12H2,1-4H3. The Morgan fingerprint density at radius 2 is 1.93 bits per heavy atom. The first-order chi connectivity index (χ1) is 13.7. The lowest BCUT2D eigenvalue weighted by Gasteiger charge is -2.39. The molecule has 3 aromatic rings. The van der Waals surface area contributed by atoms with E-state index >= 15 is 0 Å². The monoisotopic (exact) mass is 414 g/mol. The second kappa shape index (κ2) is 7.55. The van der Waals surface area contributed by atoms with Crippen LogP contribution in [0.15, 0.2) is 36.7 Å². The highest BCUT2D eigenvalue weighted by molar-refractivity contribution is 6.32. The molecule has 0 bridgehead atoms. The first-order valence-corrected chi connectivity index (χ1v) is 10.3. The number of hydrogen-bond donors (Lipinski definition) is 1. The van der Waals surface area contributed by atoms with E-state index in [1.807, 2.05) is 39.8 Å². The van der Waals surface area contributed by atoms with E-state index in [1.54, 1.807) is 6.92 Å². The fraction of sp³-hybridized carbons (Fsp3) is 0.476. The van der Waals surface area contributed by atoms with Crippen molar-refractivity contribution in [2.45, 2.75) is 51.8 Å². The summed E-state index contributed by atoms with van der Waals surface area (Å²) in [5, 5.41) is 23.4. The average Bonchev–Trinajstić information content (AvgIpc) is 3.25. The summed E-state index contributed by atoms with van der Waals surface area (Å²) < 4.78 is 3.75. The normalized spacial score (nSPS) is 16.8. The molecule has 0 radical (unpaired) electrons. The molecule has 1 aliphatic heterocycles. The zero-order valence-corrected chi connectivity index (χ0v) is 18.0. The van der Waals surface area contributed by atoms with Crippen LogP contribution in [0, 0.1) is 0 Å². The lowest BCUT2D eigenvalue weighted by molar-refractivity contribution is 0.0890. The second-order valence-corrected chi connectivity index (χ2v) is 9.20. The van der Waals surface area contributed by atoms with Gasteiger partial charge >= 0.3 is 0 Å². The molecule has 0 aliphatic carbocycles. The van der Waals surface area contributed by atoms with Crippen molar-refractivity contribution in [2.75, 3.05) is 13.1 Å². The van der Waals surface area contributed by atoms with Crippen molar-refractivity contribution in [3.8, 4) is 5.69 Å². The summed E-state index contributed by atoms with van der Waals surface area (Å²) in [5.41, 5.74) is 3.72. The highest BCUT2D eigenvalue weighted by Gasteiger charge is 2.32. The van der Waals surface area contributed by atoms with Crippen LogP contribution in [-0.4, -0.2) is 47.9 Å². The summed E-state index contributed by atoms with van der Waals surface area (Å²) in [5.74, 6) is 0. The molecule has 29 heavy (non-hydrogen) atoms. The van der Waals surface area contributed by atoms with Crippen LogP contribution in [0.1, 0.15) is 56.8 Å². The van der Waals surface area contributed by atoms with Gasteiger partial charge < -0.3 is 5.11 Å². The molecular formula is C21H27ClN6O. The van der Waals surface area contributed by atoms with Crippen molar-refractivity contribution in [2.24, 2.45) is 0 Å². The molecule has 7 nitrogen and oxygen atoms in total. The summed E-state index contributed by atoms with van der Waals surface area (Å²) in [4.78, 5) is 2.37. The van der Waals surface area contributed by atoms with E-state index in [-0.39, 0.29) is 11.5 Å². The van der Waals surface area contributed by atoms with Crippen molar-refractivity contribution >= 4 is 11.6 Å². The molecule has 3 heterocycles. The maximum absolute atomic E-state index is 9.63. The maximum atomic E-state index is 9.63. The molecular weight excluding hydrogens is 388 g/mol. The third kappa shape index (κ3) is 4.08. The third-order valence-corrected chi connectivity index (χ3v) is 5.58. The van der Waals surface area contributed by atoms with Crippen molar-refractivity contribution < 1.29 is 5.11 Å². The van der Waals surface area contributed by atoms with E-state index in [4.69, 9.17) is 16.7 Å². The number of nitrogens with zero attached hydrogens (tertiary/aromatic N) is 6. The average molecular weight is 415 g/mol. The van der Waals surface area contributed by atoms with E-state index in [0.29, 0.717) is 10.7 Å². The van der Waals surface area contributed by atoms with E-state index < -0.39 is 6.10 Å². The summed E-state index contributed by atoms with van der Waals surface area (Å²) in [6.45, 7) is 10.9. The predicted molar refractivity (Wildman–Crippen MR) is 112 cm³/mol. The van der Waals surface area contributed by atoms with Crippen LogP contribution in [0.3, 0.4) is 0 Å². The molecule has 1 unspecified atom stereocenters. The minimum atomic E-state index is -0.593. The number of aliphatic hydroxyl groups is 1. The van der Waals surface area contributed by atoms with Crippen LogP contribution in [0.5, 0.6) is 0 Å². The van der Waals surface area contributed by atoms with Gasteiger partial charge in [-0.05, 0) is 19.1 Å². The lowest BCUT2D eigenvalue weighted by Crippen LogP contribution is -2.47. The molecule has 2 aromatic heterocycles. The van der Waals surface area contributed by atoms with Gasteiger partial charge in [-0.25, -0.2) is 9.36 Å². The number of hydrogen-bond acceptors (Lipinski definition) is 5. The molecule has 154 valence electrons. The molecule has 1 saturated heterocycles. The number of para-hydroxylation sites is 1. The molecule has 0 spiro atoms. The Morgan fingerprint density at radius 3 is 2.55 bits per heavy atom. The van der Waals surface area contributed by atoms with Gasteiger partial charge in [-0.15, -0.1) is 5.10 Å². The van der Waals surface area contributed by atoms with Gasteiger partial charge in [0, 0.05) is 36.8 Å². The molecule has 8 heteroatoms. The van der Waals surface area contributed by atoms with Crippen molar-refractivity contribution in [1.82, 2.24) is 29.7 Å². The fourth-order valence-electron chi connectivity index (χ4n) is 3.66. The Kier molecular flexibility index (Phi) is 5.23. The molecule has 1 N–H and O–H groups in total. The summed E-state index contributed by atoms with van der Waals surface area (Å²) in [7, 11) is 0. The molecule has 1 atom stereocenters. The zero-order chi connectivity index (χ0) is 20.8. The number of likely N-dealkylation sites (tertiary alicyclic amines) is 1. The number of aliphatic hydroxyl groups excluding tert-OH is 1. The van der Waals surface area contributed by atoms with Gasteiger partial charge in [-0.3, -0.25) is 4.90 Å². The Labute approximate surface area is 175 Å². The van der Waals surface area contributed by atoms with Gasteiger partial charge in [0.05, 0.1) is 34.7 Å². The van der Waals surface area contributed by atoms with E-state index in [0.717, 1.165) is 31.0 Å². The van der Waals surface area contributed by atoms with Gasteiger partial charge in [0.25, 0.3) is 0 Å². The van der Waals surface area contributed by atoms with E-state index in [9.17, 15) is 5.11 Å². The van der Waals surface area contributed by atoms with Crippen molar-refractivity contribution in [1.29, 1.82) is 0 Å². The van der Waals surface area contributed by atoms with Crippen LogP contribution < -0.4 is 0 Å². The Morgan fingerprint density at radius 1 is 1.21 bits per heavy atom. The highest BCUT2D eigenvalue weighted by atomic mass is 35.5. The molecule has 4 rings (SSSR count). The quantitative estimate of drug-likeness (QED) is 0.691. The first kappa shape index (κ1) is 20.1. The van der Waals surface area contributed by atoms with E-state index in [2.05, 4.69) is 42.2 Å². The van der Waals surface area contributed by atoms with Crippen molar-refractivity contribution in [3.63, 3.8) is 0 Å². The SMILES string of the molecule is CC(O)c1cn(C2CN(Cc3cn(-c4ccccc4Cl)nc3C(C)(C)C)C2)nn1. The van der Waals surface area contributed by atoms with Crippen LogP contribution in [0.25, 0.3) is 5.69 Å². The van der Waals surface area contributed by atoms with E-state index in [1.165, 1.54) is 5.56 Å². The summed E-state index contributed by atoms with van der Waals surface area (Å²) in [6.07, 6.45) is 3.34. The largest absolute Gasteiger partial charge is 0.387 e. The summed E-state index contributed by atoms with van der Waals surface area (Å²) in [6, 6.07) is 8.05. The van der Waals surface area contributed by atoms with Gasteiger partial charge in [0.1, 0.15) is 5.69 Å².